The Morgan fingerprint density at radius 2 is 1.48 bits per heavy atom. The number of hydrogen-bond donors (Lipinski definition) is 0. The molecule has 0 bridgehead atoms. The van der Waals surface area contributed by atoms with Gasteiger partial charge < -0.3 is 4.90 Å². The van der Waals surface area contributed by atoms with Gasteiger partial charge in [0.2, 0.25) is 0 Å². The highest BCUT2D eigenvalue weighted by Gasteiger charge is 2.33. The van der Waals surface area contributed by atoms with E-state index in [-0.39, 0.29) is 10.8 Å². The van der Waals surface area contributed by atoms with Gasteiger partial charge in [0.15, 0.2) is 9.84 Å². The highest BCUT2D eigenvalue weighted by atomic mass is 35.5. The second-order valence-electron chi connectivity index (χ2n) is 6.89. The molecule has 160 valence electrons. The predicted octanol–water partition coefficient (Wildman–Crippen LogP) is 5.73. The summed E-state index contributed by atoms with van der Waals surface area (Å²) in [6.45, 7) is 4.38. The van der Waals surface area contributed by atoms with E-state index in [2.05, 4.69) is 0 Å². The number of sulfone groups is 1. The molecule has 6 heteroatoms. The summed E-state index contributed by atoms with van der Waals surface area (Å²) in [6.07, 6.45) is 1.18. The van der Waals surface area contributed by atoms with Gasteiger partial charge in [-0.15, -0.1) is 0 Å². The van der Waals surface area contributed by atoms with E-state index < -0.39 is 9.84 Å². The summed E-state index contributed by atoms with van der Waals surface area (Å²) in [5, 5.41) is 0.558. The summed E-state index contributed by atoms with van der Waals surface area (Å²) in [5.74, 6) is -0.111. The molecule has 3 aromatic rings. The average Bonchev–Trinajstić information content (AvgIpc) is 3.12. The summed E-state index contributed by atoms with van der Waals surface area (Å²) in [4.78, 5) is 15.3. The van der Waals surface area contributed by atoms with Crippen molar-refractivity contribution in [1.29, 1.82) is 0 Å². The Hall–Kier alpha value is -2.89. The van der Waals surface area contributed by atoms with Crippen molar-refractivity contribution in [1.82, 2.24) is 0 Å². The molecule has 0 saturated carbocycles. The van der Waals surface area contributed by atoms with E-state index in [0.29, 0.717) is 17.1 Å². The number of benzene rings is 3. The van der Waals surface area contributed by atoms with Crippen LogP contribution in [-0.2, 0) is 14.6 Å². The smallest absolute Gasteiger partial charge is 0.259 e. The van der Waals surface area contributed by atoms with Crippen molar-refractivity contribution in [3.8, 4) is 0 Å². The van der Waals surface area contributed by atoms with Gasteiger partial charge >= 0.3 is 0 Å². The Kier molecular flexibility index (Phi) is 6.98. The van der Waals surface area contributed by atoms with Crippen molar-refractivity contribution in [2.75, 3.05) is 17.7 Å². The molecule has 4 rings (SSSR count). The minimum absolute atomic E-state index is 0.111. The summed E-state index contributed by atoms with van der Waals surface area (Å²) in [6, 6.07) is 23.3. The third-order valence-corrected chi connectivity index (χ3v) is 6.25. The second kappa shape index (κ2) is 9.50. The van der Waals surface area contributed by atoms with Crippen LogP contribution in [0.1, 0.15) is 25.0 Å². The van der Waals surface area contributed by atoms with Gasteiger partial charge in [0, 0.05) is 17.0 Å². The molecule has 0 unspecified atom stereocenters. The van der Waals surface area contributed by atoms with Crippen LogP contribution in [0.15, 0.2) is 83.8 Å². The maximum Gasteiger partial charge on any atom is 0.259 e. The van der Waals surface area contributed by atoms with Crippen LogP contribution in [0.4, 0.5) is 5.69 Å². The Labute approximate surface area is 188 Å². The van der Waals surface area contributed by atoms with Gasteiger partial charge in [-0.25, -0.2) is 8.42 Å². The lowest BCUT2D eigenvalue weighted by atomic mass is 9.97. The van der Waals surface area contributed by atoms with Crippen LogP contribution < -0.4 is 4.90 Å². The van der Waals surface area contributed by atoms with E-state index >= 15 is 0 Å². The fourth-order valence-electron chi connectivity index (χ4n) is 3.47. The normalized spacial score (nSPS) is 13.8. The SMILES string of the molecule is CC.CS(=O)(=O)c1ccc(C2=C(c3ccccc3)C(=O)N(c3cccc(Cl)c3)C2)cc1. The lowest BCUT2D eigenvalue weighted by Gasteiger charge is -2.17. The lowest BCUT2D eigenvalue weighted by Crippen LogP contribution is -2.26. The van der Waals surface area contributed by atoms with E-state index in [9.17, 15) is 13.2 Å². The Morgan fingerprint density at radius 1 is 0.839 bits per heavy atom. The highest BCUT2D eigenvalue weighted by Crippen LogP contribution is 2.37. The molecule has 4 nitrogen and oxygen atoms in total. The number of carbonyl (C=O) groups is 1. The molecular weight excluding hydrogens is 430 g/mol. The zero-order valence-electron chi connectivity index (χ0n) is 17.7. The topological polar surface area (TPSA) is 54.5 Å². The first-order chi connectivity index (χ1) is 14.8. The maximum absolute atomic E-state index is 13.4. The zero-order valence-corrected chi connectivity index (χ0v) is 19.2. The summed E-state index contributed by atoms with van der Waals surface area (Å²) >= 11 is 6.13. The van der Waals surface area contributed by atoms with E-state index in [0.717, 1.165) is 22.4 Å². The van der Waals surface area contributed by atoms with Crippen molar-refractivity contribution >= 4 is 44.2 Å². The number of halogens is 1. The molecule has 0 fully saturated rings. The van der Waals surface area contributed by atoms with Crippen LogP contribution in [0.5, 0.6) is 0 Å². The summed E-state index contributed by atoms with van der Waals surface area (Å²) in [7, 11) is -3.29. The molecule has 1 aliphatic heterocycles. The fraction of sp³-hybridized carbons (Fsp3) is 0.160. The van der Waals surface area contributed by atoms with Crippen molar-refractivity contribution in [3.63, 3.8) is 0 Å². The lowest BCUT2D eigenvalue weighted by molar-refractivity contribution is -0.112. The molecule has 0 spiro atoms. The quantitative estimate of drug-likeness (QED) is 0.507. The number of amides is 1. The van der Waals surface area contributed by atoms with Gasteiger partial charge in [-0.3, -0.25) is 4.79 Å². The third kappa shape index (κ3) is 4.89. The van der Waals surface area contributed by atoms with Crippen molar-refractivity contribution in [2.45, 2.75) is 18.7 Å². The fourth-order valence-corrected chi connectivity index (χ4v) is 4.28. The molecule has 0 saturated heterocycles. The number of carbonyl (C=O) groups excluding carboxylic acids is 1. The Bertz CT molecular complexity index is 1220. The van der Waals surface area contributed by atoms with Crippen LogP contribution in [0.3, 0.4) is 0 Å². The third-order valence-electron chi connectivity index (χ3n) is 4.89. The van der Waals surface area contributed by atoms with E-state index in [1.165, 1.54) is 6.26 Å². The molecular formula is C25H24ClNO3S. The molecule has 0 N–H and O–H groups in total. The Morgan fingerprint density at radius 3 is 2.06 bits per heavy atom. The number of nitrogens with zero attached hydrogens (tertiary/aromatic N) is 1. The van der Waals surface area contributed by atoms with Crippen LogP contribution in [0.25, 0.3) is 11.1 Å². The molecule has 1 amide bonds. The van der Waals surface area contributed by atoms with Crippen molar-refractivity contribution in [3.05, 3.63) is 95.0 Å². The molecule has 3 aromatic carbocycles. The van der Waals surface area contributed by atoms with Gasteiger partial charge in [-0.2, -0.15) is 0 Å². The van der Waals surface area contributed by atoms with Crippen LogP contribution in [0, 0.1) is 0 Å². The van der Waals surface area contributed by atoms with E-state index in [1.54, 1.807) is 41.3 Å². The van der Waals surface area contributed by atoms with Gasteiger partial charge in [0.25, 0.3) is 5.91 Å². The van der Waals surface area contributed by atoms with Gasteiger partial charge in [0.05, 0.1) is 17.0 Å². The van der Waals surface area contributed by atoms with Crippen LogP contribution in [0.2, 0.25) is 5.02 Å². The monoisotopic (exact) mass is 453 g/mol. The maximum atomic E-state index is 13.4. The van der Waals surface area contributed by atoms with Crippen molar-refractivity contribution < 1.29 is 13.2 Å². The molecule has 0 aliphatic carbocycles. The standard InChI is InChI=1S/C23H18ClNO3S.C2H6/c1-29(27,28)20-12-10-16(11-13-20)21-15-25(19-9-5-8-18(24)14-19)23(26)22(21)17-6-3-2-4-7-17;1-2/h2-14H,15H2,1H3;1-2H3. The predicted molar refractivity (Wildman–Crippen MR) is 128 cm³/mol. The minimum Gasteiger partial charge on any atom is -0.304 e. The Balaban J connectivity index is 0.00000132. The summed E-state index contributed by atoms with van der Waals surface area (Å²) < 4.78 is 23.6. The number of hydrogen-bond acceptors (Lipinski definition) is 3. The van der Waals surface area contributed by atoms with Crippen molar-refractivity contribution in [2.24, 2.45) is 0 Å². The number of anilines is 1. The summed E-state index contributed by atoms with van der Waals surface area (Å²) in [5.41, 5.74) is 3.82. The number of rotatable bonds is 4. The first kappa shape index (κ1) is 22.8. The molecule has 1 aliphatic rings. The first-order valence-corrected chi connectivity index (χ1v) is 12.3. The average molecular weight is 454 g/mol. The zero-order chi connectivity index (χ0) is 22.6. The molecule has 0 atom stereocenters. The molecule has 0 radical (unpaired) electrons. The van der Waals surface area contributed by atoms with Gasteiger partial charge in [0.1, 0.15) is 0 Å². The second-order valence-corrected chi connectivity index (χ2v) is 9.34. The first-order valence-electron chi connectivity index (χ1n) is 10.0. The van der Waals surface area contributed by atoms with Gasteiger partial charge in [-0.05, 0) is 47.0 Å². The molecule has 1 heterocycles. The van der Waals surface area contributed by atoms with Gasteiger partial charge in [-0.1, -0.05) is 74.0 Å². The largest absolute Gasteiger partial charge is 0.304 e. The van der Waals surface area contributed by atoms with Crippen LogP contribution >= 0.6 is 11.6 Å². The van der Waals surface area contributed by atoms with E-state index in [4.69, 9.17) is 11.6 Å². The minimum atomic E-state index is -3.29. The molecule has 0 aromatic heterocycles. The highest BCUT2D eigenvalue weighted by molar-refractivity contribution is 7.90. The van der Waals surface area contributed by atoms with E-state index in [1.807, 2.05) is 56.3 Å². The molecule has 31 heavy (non-hydrogen) atoms. The van der Waals surface area contributed by atoms with Crippen LogP contribution in [-0.4, -0.2) is 27.1 Å².